The molecule has 8 nitrogen and oxygen atoms in total. The van der Waals surface area contributed by atoms with Gasteiger partial charge in [0.25, 0.3) is 0 Å². The number of unbranched alkanes of at least 4 members (excludes halogenated alkanes) is 1. The fraction of sp³-hybridized carbons (Fsp3) is 0.304. The third-order valence-electron chi connectivity index (χ3n) is 4.62. The van der Waals surface area contributed by atoms with E-state index in [-0.39, 0.29) is 5.95 Å². The second kappa shape index (κ2) is 10.9. The van der Waals surface area contributed by atoms with Crippen molar-refractivity contribution in [2.45, 2.75) is 19.3 Å². The highest BCUT2D eigenvalue weighted by Crippen LogP contribution is 2.39. The van der Waals surface area contributed by atoms with Crippen LogP contribution in [0.15, 0.2) is 48.7 Å². The molecule has 8 heteroatoms. The summed E-state index contributed by atoms with van der Waals surface area (Å²) in [5, 5.41) is 0. The van der Waals surface area contributed by atoms with Crippen molar-refractivity contribution < 1.29 is 18.9 Å². The van der Waals surface area contributed by atoms with Crippen molar-refractivity contribution >= 4 is 11.8 Å². The Kier molecular flexibility index (Phi) is 7.75. The van der Waals surface area contributed by atoms with Gasteiger partial charge >= 0.3 is 0 Å². The SMILES string of the molecule is COc1cc(Cc2cnc(N)nc2N)cc(OCCCCOc2ccccc2)c1OC. The van der Waals surface area contributed by atoms with Gasteiger partial charge in [-0.2, -0.15) is 4.98 Å². The number of hydrogen-bond donors (Lipinski definition) is 2. The number of para-hydroxylation sites is 1. The van der Waals surface area contributed by atoms with E-state index in [9.17, 15) is 0 Å². The van der Waals surface area contributed by atoms with Crippen LogP contribution in [-0.4, -0.2) is 37.4 Å². The molecule has 0 saturated heterocycles. The molecule has 0 unspecified atom stereocenters. The fourth-order valence-corrected chi connectivity index (χ4v) is 3.08. The van der Waals surface area contributed by atoms with Crippen LogP contribution in [0.5, 0.6) is 23.0 Å². The Hall–Kier alpha value is -3.68. The van der Waals surface area contributed by atoms with Crippen molar-refractivity contribution in [1.29, 1.82) is 0 Å². The molecule has 0 aliphatic rings. The number of aromatic nitrogens is 2. The van der Waals surface area contributed by atoms with Gasteiger partial charge in [-0.05, 0) is 42.7 Å². The van der Waals surface area contributed by atoms with E-state index in [2.05, 4.69) is 9.97 Å². The topological polar surface area (TPSA) is 115 Å². The molecular weight excluding hydrogens is 396 g/mol. The monoisotopic (exact) mass is 424 g/mol. The molecule has 31 heavy (non-hydrogen) atoms. The number of anilines is 2. The lowest BCUT2D eigenvalue weighted by Gasteiger charge is -2.16. The molecule has 2 aromatic carbocycles. The van der Waals surface area contributed by atoms with E-state index < -0.39 is 0 Å². The van der Waals surface area contributed by atoms with E-state index in [0.29, 0.717) is 42.7 Å². The first-order chi connectivity index (χ1) is 15.1. The predicted molar refractivity (Wildman–Crippen MR) is 120 cm³/mol. The van der Waals surface area contributed by atoms with Gasteiger partial charge in [0.1, 0.15) is 11.6 Å². The van der Waals surface area contributed by atoms with Gasteiger partial charge in [-0.15, -0.1) is 0 Å². The number of ether oxygens (including phenoxy) is 4. The summed E-state index contributed by atoms with van der Waals surface area (Å²) < 4.78 is 22.7. The Morgan fingerprint density at radius 2 is 1.58 bits per heavy atom. The summed E-state index contributed by atoms with van der Waals surface area (Å²) in [7, 11) is 3.18. The maximum Gasteiger partial charge on any atom is 0.221 e. The van der Waals surface area contributed by atoms with Gasteiger partial charge in [0.15, 0.2) is 11.5 Å². The van der Waals surface area contributed by atoms with Crippen LogP contribution >= 0.6 is 0 Å². The average molecular weight is 425 g/mol. The van der Waals surface area contributed by atoms with Crippen molar-refractivity contribution in [3.8, 4) is 23.0 Å². The lowest BCUT2D eigenvalue weighted by molar-refractivity contribution is 0.254. The van der Waals surface area contributed by atoms with Crippen molar-refractivity contribution in [2.75, 3.05) is 38.9 Å². The molecule has 0 bridgehead atoms. The number of benzene rings is 2. The normalized spacial score (nSPS) is 10.5. The van der Waals surface area contributed by atoms with E-state index in [4.69, 9.17) is 30.4 Å². The fourth-order valence-electron chi connectivity index (χ4n) is 3.08. The zero-order chi connectivity index (χ0) is 22.1. The molecule has 1 aromatic heterocycles. The van der Waals surface area contributed by atoms with Gasteiger partial charge < -0.3 is 30.4 Å². The van der Waals surface area contributed by atoms with Gasteiger partial charge in [-0.25, -0.2) is 4.98 Å². The molecule has 4 N–H and O–H groups in total. The standard InChI is InChI=1S/C23H28N4O4/c1-28-19-13-16(12-17-15-26-23(25)27-22(17)24)14-20(21(19)29-2)31-11-7-6-10-30-18-8-4-3-5-9-18/h3-5,8-9,13-15H,6-7,10-12H2,1-2H3,(H4,24,25,26,27). The Morgan fingerprint density at radius 1 is 0.871 bits per heavy atom. The maximum atomic E-state index is 6.01. The van der Waals surface area contributed by atoms with Gasteiger partial charge in [0, 0.05) is 18.2 Å². The smallest absolute Gasteiger partial charge is 0.221 e. The molecule has 0 spiro atoms. The van der Waals surface area contributed by atoms with E-state index in [1.54, 1.807) is 20.4 Å². The molecule has 3 aromatic rings. The van der Waals surface area contributed by atoms with Crippen LogP contribution in [0.3, 0.4) is 0 Å². The first-order valence-electron chi connectivity index (χ1n) is 10.0. The predicted octanol–water partition coefficient (Wildman–Crippen LogP) is 3.49. The van der Waals surface area contributed by atoms with E-state index in [1.807, 2.05) is 42.5 Å². The van der Waals surface area contributed by atoms with Crippen LogP contribution in [0.4, 0.5) is 11.8 Å². The molecule has 0 radical (unpaired) electrons. The minimum absolute atomic E-state index is 0.147. The maximum absolute atomic E-state index is 6.01. The van der Waals surface area contributed by atoms with Crippen LogP contribution in [0, 0.1) is 0 Å². The number of nitrogens with zero attached hydrogens (tertiary/aromatic N) is 2. The molecule has 0 amide bonds. The molecular formula is C23H28N4O4. The van der Waals surface area contributed by atoms with E-state index in [1.165, 1.54) is 0 Å². The first-order valence-corrected chi connectivity index (χ1v) is 10.0. The third-order valence-corrected chi connectivity index (χ3v) is 4.62. The van der Waals surface area contributed by atoms with Crippen molar-refractivity contribution in [2.24, 2.45) is 0 Å². The second-order valence-electron chi connectivity index (χ2n) is 6.86. The van der Waals surface area contributed by atoms with Gasteiger partial charge in [0.2, 0.25) is 11.7 Å². The Morgan fingerprint density at radius 3 is 2.26 bits per heavy atom. The van der Waals surface area contributed by atoms with Crippen molar-refractivity contribution in [3.63, 3.8) is 0 Å². The number of methoxy groups -OCH3 is 2. The highest BCUT2D eigenvalue weighted by Gasteiger charge is 2.15. The van der Waals surface area contributed by atoms with Crippen LogP contribution < -0.4 is 30.4 Å². The zero-order valence-corrected chi connectivity index (χ0v) is 17.8. The molecule has 0 aliphatic heterocycles. The summed E-state index contributed by atoms with van der Waals surface area (Å²) in [5.41, 5.74) is 13.3. The first kappa shape index (κ1) is 22.0. The molecule has 0 aliphatic carbocycles. The summed E-state index contributed by atoms with van der Waals surface area (Å²) >= 11 is 0. The van der Waals surface area contributed by atoms with Gasteiger partial charge in [-0.3, -0.25) is 0 Å². The highest BCUT2D eigenvalue weighted by molar-refractivity contribution is 5.55. The lowest BCUT2D eigenvalue weighted by atomic mass is 10.1. The molecule has 0 fully saturated rings. The Bertz CT molecular complexity index is 983. The van der Waals surface area contributed by atoms with Crippen LogP contribution in [-0.2, 0) is 6.42 Å². The lowest BCUT2D eigenvalue weighted by Crippen LogP contribution is -2.06. The summed E-state index contributed by atoms with van der Waals surface area (Å²) in [6.45, 7) is 1.15. The minimum Gasteiger partial charge on any atom is -0.494 e. The van der Waals surface area contributed by atoms with E-state index in [0.717, 1.165) is 29.7 Å². The number of nitrogen functional groups attached to an aromatic ring is 2. The van der Waals surface area contributed by atoms with Crippen molar-refractivity contribution in [3.05, 3.63) is 59.8 Å². The molecule has 3 rings (SSSR count). The summed E-state index contributed by atoms with van der Waals surface area (Å²) in [4.78, 5) is 8.04. The molecule has 164 valence electrons. The minimum atomic E-state index is 0.147. The molecule has 0 saturated carbocycles. The largest absolute Gasteiger partial charge is 0.494 e. The highest BCUT2D eigenvalue weighted by atomic mass is 16.5. The quantitative estimate of drug-likeness (QED) is 0.450. The van der Waals surface area contributed by atoms with Gasteiger partial charge in [0.05, 0.1) is 27.4 Å². The molecule has 1 heterocycles. The number of rotatable bonds is 11. The second-order valence-corrected chi connectivity index (χ2v) is 6.86. The summed E-state index contributed by atoms with van der Waals surface area (Å²) in [6.07, 6.45) is 3.84. The average Bonchev–Trinajstić information content (AvgIpc) is 2.78. The number of nitrogens with two attached hydrogens (primary N) is 2. The Balaban J connectivity index is 1.62. The zero-order valence-electron chi connectivity index (χ0n) is 17.8. The summed E-state index contributed by atoms with van der Waals surface area (Å²) in [5.74, 6) is 3.10. The molecule has 0 atom stereocenters. The van der Waals surface area contributed by atoms with Crippen molar-refractivity contribution in [1.82, 2.24) is 9.97 Å². The third kappa shape index (κ3) is 6.15. The Labute approximate surface area is 182 Å². The summed E-state index contributed by atoms with van der Waals surface area (Å²) in [6, 6.07) is 13.6. The van der Waals surface area contributed by atoms with Gasteiger partial charge in [-0.1, -0.05) is 18.2 Å². The van der Waals surface area contributed by atoms with Crippen LogP contribution in [0.1, 0.15) is 24.0 Å². The van der Waals surface area contributed by atoms with Crippen LogP contribution in [0.2, 0.25) is 0 Å². The number of hydrogen-bond acceptors (Lipinski definition) is 8. The van der Waals surface area contributed by atoms with Crippen LogP contribution in [0.25, 0.3) is 0 Å². The van der Waals surface area contributed by atoms with E-state index >= 15 is 0 Å².